The summed E-state index contributed by atoms with van der Waals surface area (Å²) in [7, 11) is 1.20. The molecule has 0 aliphatic heterocycles. The third-order valence-electron chi connectivity index (χ3n) is 2.18. The van der Waals surface area contributed by atoms with Gasteiger partial charge in [-0.2, -0.15) is 0 Å². The zero-order chi connectivity index (χ0) is 12.7. The summed E-state index contributed by atoms with van der Waals surface area (Å²) in [5.74, 6) is -0.994. The van der Waals surface area contributed by atoms with Gasteiger partial charge in [0.15, 0.2) is 6.04 Å². The second-order valence-electron chi connectivity index (χ2n) is 3.40. The second kappa shape index (κ2) is 6.64. The van der Waals surface area contributed by atoms with Crippen molar-refractivity contribution in [1.82, 2.24) is 15.3 Å². The molecule has 1 rings (SSSR count). The van der Waals surface area contributed by atoms with Crippen molar-refractivity contribution in [2.24, 2.45) is 0 Å². The molecule has 1 aromatic heterocycles. The molecule has 7 heteroatoms. The van der Waals surface area contributed by atoms with Crippen LogP contribution in [0.1, 0.15) is 12.1 Å². The number of carbonyl (C=O) groups is 2. The highest BCUT2D eigenvalue weighted by Crippen LogP contribution is 1.97. The second-order valence-corrected chi connectivity index (χ2v) is 3.40. The SMILES string of the molecule is COC(=O)C(CO)NC(=O)CCc1cnc[nH]1. The fourth-order valence-electron chi connectivity index (χ4n) is 1.26. The number of imidazole rings is 1. The first kappa shape index (κ1) is 13.2. The van der Waals surface area contributed by atoms with Gasteiger partial charge >= 0.3 is 5.97 Å². The molecule has 0 saturated carbocycles. The molecule has 0 saturated heterocycles. The van der Waals surface area contributed by atoms with Crippen LogP contribution in [-0.4, -0.2) is 46.7 Å². The number of nitrogens with zero attached hydrogens (tertiary/aromatic N) is 1. The molecule has 94 valence electrons. The molecular weight excluding hydrogens is 226 g/mol. The number of aliphatic hydroxyl groups is 1. The van der Waals surface area contributed by atoms with Crippen LogP contribution in [0.4, 0.5) is 0 Å². The number of carbonyl (C=O) groups excluding carboxylic acids is 2. The third-order valence-corrected chi connectivity index (χ3v) is 2.18. The summed E-state index contributed by atoms with van der Waals surface area (Å²) >= 11 is 0. The minimum absolute atomic E-state index is 0.204. The van der Waals surface area contributed by atoms with Crippen LogP contribution in [0.5, 0.6) is 0 Å². The Labute approximate surface area is 98.2 Å². The number of esters is 1. The average Bonchev–Trinajstić information content (AvgIpc) is 2.85. The Bertz CT molecular complexity index is 364. The van der Waals surface area contributed by atoms with Crippen molar-refractivity contribution in [1.29, 1.82) is 0 Å². The summed E-state index contributed by atoms with van der Waals surface area (Å²) in [6.45, 7) is -0.484. The first-order valence-corrected chi connectivity index (χ1v) is 5.12. The van der Waals surface area contributed by atoms with Gasteiger partial charge in [-0.05, 0) is 6.42 Å². The monoisotopic (exact) mass is 241 g/mol. The molecule has 0 radical (unpaired) electrons. The van der Waals surface area contributed by atoms with Crippen LogP contribution in [0.2, 0.25) is 0 Å². The van der Waals surface area contributed by atoms with E-state index in [1.807, 2.05) is 0 Å². The van der Waals surface area contributed by atoms with Crippen LogP contribution in [0.15, 0.2) is 12.5 Å². The normalized spacial score (nSPS) is 11.9. The standard InChI is InChI=1S/C10H15N3O4/c1-17-10(16)8(5-14)13-9(15)3-2-7-4-11-6-12-7/h4,6,8,14H,2-3,5H2,1H3,(H,11,12)(H,13,15). The molecule has 1 amide bonds. The van der Waals surface area contributed by atoms with E-state index in [0.717, 1.165) is 5.69 Å². The lowest BCUT2D eigenvalue weighted by Crippen LogP contribution is -2.44. The van der Waals surface area contributed by atoms with E-state index in [9.17, 15) is 9.59 Å². The van der Waals surface area contributed by atoms with Crippen molar-refractivity contribution in [3.63, 3.8) is 0 Å². The Kier molecular flexibility index (Phi) is 5.15. The first-order chi connectivity index (χ1) is 8.17. The average molecular weight is 241 g/mol. The summed E-state index contributed by atoms with van der Waals surface area (Å²) in [6.07, 6.45) is 3.84. The molecule has 0 aliphatic rings. The maximum Gasteiger partial charge on any atom is 0.330 e. The number of methoxy groups -OCH3 is 1. The number of rotatable bonds is 6. The van der Waals surface area contributed by atoms with Crippen LogP contribution >= 0.6 is 0 Å². The Balaban J connectivity index is 2.35. The fraction of sp³-hybridized carbons (Fsp3) is 0.500. The summed E-state index contributed by atoms with van der Waals surface area (Å²) in [5, 5.41) is 11.3. The molecule has 17 heavy (non-hydrogen) atoms. The van der Waals surface area contributed by atoms with E-state index in [-0.39, 0.29) is 12.3 Å². The lowest BCUT2D eigenvalue weighted by molar-refractivity contribution is -0.146. The van der Waals surface area contributed by atoms with Gasteiger partial charge < -0.3 is 20.1 Å². The molecule has 1 aromatic rings. The lowest BCUT2D eigenvalue weighted by atomic mass is 10.2. The fourth-order valence-corrected chi connectivity index (χ4v) is 1.26. The van der Waals surface area contributed by atoms with Crippen molar-refractivity contribution >= 4 is 11.9 Å². The van der Waals surface area contributed by atoms with E-state index in [1.54, 1.807) is 6.20 Å². The Morgan fingerprint density at radius 3 is 2.94 bits per heavy atom. The highest BCUT2D eigenvalue weighted by molar-refractivity contribution is 5.84. The van der Waals surface area contributed by atoms with Crippen molar-refractivity contribution < 1.29 is 19.4 Å². The van der Waals surface area contributed by atoms with Gasteiger partial charge in [0, 0.05) is 18.3 Å². The summed E-state index contributed by atoms with van der Waals surface area (Å²) in [5.41, 5.74) is 0.832. The topological polar surface area (TPSA) is 104 Å². The van der Waals surface area contributed by atoms with E-state index in [4.69, 9.17) is 5.11 Å². The van der Waals surface area contributed by atoms with E-state index >= 15 is 0 Å². The maximum absolute atomic E-state index is 11.5. The van der Waals surface area contributed by atoms with E-state index in [1.165, 1.54) is 13.4 Å². The number of aromatic amines is 1. The van der Waals surface area contributed by atoms with Crippen LogP contribution in [0.3, 0.4) is 0 Å². The van der Waals surface area contributed by atoms with Gasteiger partial charge in [-0.3, -0.25) is 4.79 Å². The molecule has 1 heterocycles. The van der Waals surface area contributed by atoms with Crippen molar-refractivity contribution in [2.75, 3.05) is 13.7 Å². The van der Waals surface area contributed by atoms with E-state index < -0.39 is 18.6 Å². The lowest BCUT2D eigenvalue weighted by Gasteiger charge is -2.13. The van der Waals surface area contributed by atoms with Gasteiger partial charge in [-0.25, -0.2) is 9.78 Å². The van der Waals surface area contributed by atoms with Gasteiger partial charge in [0.1, 0.15) is 0 Å². The molecule has 3 N–H and O–H groups in total. The Morgan fingerprint density at radius 2 is 2.41 bits per heavy atom. The molecule has 7 nitrogen and oxygen atoms in total. The number of hydrogen-bond donors (Lipinski definition) is 3. The van der Waals surface area contributed by atoms with E-state index in [2.05, 4.69) is 20.0 Å². The largest absolute Gasteiger partial charge is 0.467 e. The molecule has 0 spiro atoms. The number of nitrogens with one attached hydrogen (secondary N) is 2. The maximum atomic E-state index is 11.5. The minimum Gasteiger partial charge on any atom is -0.467 e. The predicted octanol–water partition coefficient (Wildman–Crippen LogP) is -1.01. The molecule has 0 aromatic carbocycles. The Hall–Kier alpha value is -1.89. The molecule has 0 aliphatic carbocycles. The highest BCUT2D eigenvalue weighted by Gasteiger charge is 2.19. The van der Waals surface area contributed by atoms with Crippen LogP contribution in [-0.2, 0) is 20.7 Å². The molecular formula is C10H15N3O4. The van der Waals surface area contributed by atoms with Gasteiger partial charge in [0.05, 0.1) is 20.0 Å². The summed E-state index contributed by atoms with van der Waals surface area (Å²) in [6, 6.07) is -1.01. The summed E-state index contributed by atoms with van der Waals surface area (Å²) in [4.78, 5) is 29.2. The number of H-pyrrole nitrogens is 1. The van der Waals surface area contributed by atoms with Gasteiger partial charge in [0.2, 0.25) is 5.91 Å². The van der Waals surface area contributed by atoms with Gasteiger partial charge in [-0.1, -0.05) is 0 Å². The van der Waals surface area contributed by atoms with E-state index in [0.29, 0.717) is 6.42 Å². The number of aliphatic hydroxyl groups excluding tert-OH is 1. The number of aromatic nitrogens is 2. The zero-order valence-electron chi connectivity index (χ0n) is 9.47. The van der Waals surface area contributed by atoms with Crippen LogP contribution < -0.4 is 5.32 Å². The van der Waals surface area contributed by atoms with Crippen molar-refractivity contribution in [2.45, 2.75) is 18.9 Å². The highest BCUT2D eigenvalue weighted by atomic mass is 16.5. The molecule has 0 bridgehead atoms. The number of hydrogen-bond acceptors (Lipinski definition) is 5. The quantitative estimate of drug-likeness (QED) is 0.554. The van der Waals surface area contributed by atoms with Crippen molar-refractivity contribution in [3.8, 4) is 0 Å². The van der Waals surface area contributed by atoms with Crippen LogP contribution in [0, 0.1) is 0 Å². The predicted molar refractivity (Wildman–Crippen MR) is 57.9 cm³/mol. The third kappa shape index (κ3) is 4.23. The van der Waals surface area contributed by atoms with Gasteiger partial charge in [-0.15, -0.1) is 0 Å². The first-order valence-electron chi connectivity index (χ1n) is 5.12. The molecule has 1 unspecified atom stereocenters. The van der Waals surface area contributed by atoms with Crippen molar-refractivity contribution in [3.05, 3.63) is 18.2 Å². The summed E-state index contributed by atoms with van der Waals surface area (Å²) < 4.78 is 4.42. The number of ether oxygens (including phenoxy) is 1. The molecule has 0 fully saturated rings. The zero-order valence-corrected chi connectivity index (χ0v) is 9.47. The number of aryl methyl sites for hydroxylation is 1. The van der Waals surface area contributed by atoms with Crippen LogP contribution in [0.25, 0.3) is 0 Å². The molecule has 1 atom stereocenters. The smallest absolute Gasteiger partial charge is 0.330 e. The minimum atomic E-state index is -1.01. The number of amides is 1. The Morgan fingerprint density at radius 1 is 1.65 bits per heavy atom. The van der Waals surface area contributed by atoms with Gasteiger partial charge in [0.25, 0.3) is 0 Å².